The van der Waals surface area contributed by atoms with E-state index in [9.17, 15) is 34.5 Å². The van der Waals surface area contributed by atoms with Crippen LogP contribution < -0.4 is 0 Å². The van der Waals surface area contributed by atoms with Crippen molar-refractivity contribution in [2.45, 2.75) is 17.7 Å². The van der Waals surface area contributed by atoms with Gasteiger partial charge in [-0.2, -0.15) is 0 Å². The van der Waals surface area contributed by atoms with Gasteiger partial charge in [0.25, 0.3) is 0 Å². The van der Waals surface area contributed by atoms with Crippen LogP contribution in [0.15, 0.2) is 11.1 Å². The van der Waals surface area contributed by atoms with Gasteiger partial charge < -0.3 is 40.5 Å². The fourth-order valence-corrected chi connectivity index (χ4v) is 1.76. The molecule has 0 radical (unpaired) electrons. The molecule has 1 aliphatic rings. The van der Waals surface area contributed by atoms with Crippen molar-refractivity contribution in [2.24, 2.45) is 0 Å². The predicted molar refractivity (Wildman–Crippen MR) is 54.6 cm³/mol. The van der Waals surface area contributed by atoms with Gasteiger partial charge in [0.2, 0.25) is 11.7 Å². The van der Waals surface area contributed by atoms with Gasteiger partial charge in [0.1, 0.15) is 11.1 Å². The lowest BCUT2D eigenvalue weighted by atomic mass is 9.81. The zero-order valence-corrected chi connectivity index (χ0v) is 9.75. The molecular weight excluding hydrogens is 300 g/mol. The van der Waals surface area contributed by atoms with E-state index in [2.05, 4.69) is 4.74 Å². The van der Waals surface area contributed by atoms with E-state index < -0.39 is 52.7 Å². The Morgan fingerprint density at radius 3 is 1.57 bits per heavy atom. The first kappa shape index (κ1) is 16.5. The highest BCUT2D eigenvalue weighted by Crippen LogP contribution is 2.38. The highest BCUT2D eigenvalue weighted by atomic mass is 16.8. The number of carbonyl (C=O) groups is 4. The van der Waals surface area contributed by atoms with Crippen molar-refractivity contribution in [3.63, 3.8) is 0 Å². The Bertz CT molecular complexity index is 571. The fourth-order valence-electron chi connectivity index (χ4n) is 1.76. The van der Waals surface area contributed by atoms with Crippen LogP contribution in [0.3, 0.4) is 0 Å². The lowest BCUT2D eigenvalue weighted by Gasteiger charge is -2.39. The van der Waals surface area contributed by atoms with Crippen LogP contribution in [0.5, 0.6) is 0 Å². The molecular formula is C9H8O12. The average molecular weight is 308 g/mol. The third-order valence-electron chi connectivity index (χ3n) is 2.60. The molecule has 12 nitrogen and oxygen atoms in total. The molecule has 0 bridgehead atoms. The van der Waals surface area contributed by atoms with Crippen molar-refractivity contribution >= 4 is 23.9 Å². The minimum absolute atomic E-state index is 1.93. The highest BCUT2D eigenvalue weighted by molar-refractivity contribution is 6.08. The smallest absolute Gasteiger partial charge is 0.344 e. The molecule has 0 aliphatic carbocycles. The highest BCUT2D eigenvalue weighted by Gasteiger charge is 2.65. The number of hydrogen-bond acceptors (Lipinski definition) is 8. The van der Waals surface area contributed by atoms with Gasteiger partial charge in [-0.3, -0.25) is 0 Å². The average Bonchev–Trinajstić information content (AvgIpc) is 2.29. The van der Waals surface area contributed by atoms with Gasteiger partial charge in [0, 0.05) is 0 Å². The van der Waals surface area contributed by atoms with E-state index in [0.717, 1.165) is 0 Å². The molecule has 0 amide bonds. The van der Waals surface area contributed by atoms with Gasteiger partial charge in [-0.15, -0.1) is 0 Å². The van der Waals surface area contributed by atoms with Crippen molar-refractivity contribution in [3.05, 3.63) is 11.1 Å². The summed E-state index contributed by atoms with van der Waals surface area (Å²) in [5, 5.41) is 63.7. The van der Waals surface area contributed by atoms with E-state index in [1.54, 1.807) is 0 Å². The van der Waals surface area contributed by atoms with Gasteiger partial charge in [0.15, 0.2) is 0 Å². The Morgan fingerprint density at radius 1 is 0.857 bits per heavy atom. The molecule has 12 heteroatoms. The molecule has 21 heavy (non-hydrogen) atoms. The molecule has 1 heterocycles. The van der Waals surface area contributed by atoms with E-state index in [1.807, 2.05) is 0 Å². The number of aliphatic hydroxyl groups is 3. The number of hydrogen-bond donors (Lipinski definition) is 7. The molecule has 0 saturated heterocycles. The van der Waals surface area contributed by atoms with Crippen LogP contribution in [0.2, 0.25) is 0 Å². The summed E-state index contributed by atoms with van der Waals surface area (Å²) >= 11 is 0. The molecule has 0 spiro atoms. The second kappa shape index (κ2) is 4.78. The van der Waals surface area contributed by atoms with Gasteiger partial charge in [-0.05, 0) is 0 Å². The largest absolute Gasteiger partial charge is 0.479 e. The summed E-state index contributed by atoms with van der Waals surface area (Å²) in [5.41, 5.74) is -7.75. The summed E-state index contributed by atoms with van der Waals surface area (Å²) in [4.78, 5) is 43.8. The van der Waals surface area contributed by atoms with Crippen LogP contribution in [-0.2, 0) is 23.9 Å². The molecule has 0 saturated carbocycles. The zero-order valence-electron chi connectivity index (χ0n) is 9.75. The van der Waals surface area contributed by atoms with Crippen molar-refractivity contribution in [3.8, 4) is 0 Å². The fraction of sp³-hybridized carbons (Fsp3) is 0.333. The standard InChI is InChI=1S/C9H8O12/c10-4(11)1-2(5(12)13)9(19,20)21-3(6(14)15)8(1,18)7(16)17/h3,18-20H,(H,10,11)(H,12,13)(H,14,15)(H,16,17). The topological polar surface area (TPSA) is 219 Å². The van der Waals surface area contributed by atoms with Crippen LogP contribution in [0, 0.1) is 0 Å². The van der Waals surface area contributed by atoms with Crippen LogP contribution in [0.4, 0.5) is 0 Å². The maximum atomic E-state index is 11.0. The number of rotatable bonds is 4. The first-order chi connectivity index (χ1) is 9.37. The molecule has 0 aromatic rings. The first-order valence-electron chi connectivity index (χ1n) is 4.90. The van der Waals surface area contributed by atoms with Crippen LogP contribution in [0.25, 0.3) is 0 Å². The minimum atomic E-state index is -3.94. The number of aliphatic carboxylic acids is 4. The van der Waals surface area contributed by atoms with E-state index in [-0.39, 0.29) is 0 Å². The summed E-state index contributed by atoms with van der Waals surface area (Å²) in [6.45, 7) is 0. The van der Waals surface area contributed by atoms with Gasteiger partial charge in [-0.25, -0.2) is 19.2 Å². The first-order valence-corrected chi connectivity index (χ1v) is 4.90. The predicted octanol–water partition coefficient (Wildman–Crippen LogP) is -3.61. The molecule has 2 unspecified atom stereocenters. The van der Waals surface area contributed by atoms with Crippen molar-refractivity contribution in [2.75, 3.05) is 0 Å². The lowest BCUT2D eigenvalue weighted by Crippen LogP contribution is -2.65. The summed E-state index contributed by atoms with van der Waals surface area (Å²) in [7, 11) is 0. The summed E-state index contributed by atoms with van der Waals surface area (Å²) < 4.78 is 3.95. The molecule has 7 N–H and O–H groups in total. The maximum absolute atomic E-state index is 11.0. The van der Waals surface area contributed by atoms with E-state index in [0.29, 0.717) is 0 Å². The SMILES string of the molecule is O=C(O)C1=C(C(=O)O)C(O)(C(=O)O)C(C(=O)O)OC1(O)O. The Morgan fingerprint density at radius 2 is 1.29 bits per heavy atom. The second-order valence-electron chi connectivity index (χ2n) is 3.88. The summed E-state index contributed by atoms with van der Waals surface area (Å²) in [6.07, 6.45) is -2.99. The van der Waals surface area contributed by atoms with Crippen molar-refractivity contribution < 1.29 is 59.7 Å². The summed E-state index contributed by atoms with van der Waals surface area (Å²) in [6, 6.07) is 0. The normalized spacial score (nSPS) is 28.0. The molecule has 2 atom stereocenters. The molecule has 0 aromatic heterocycles. The van der Waals surface area contributed by atoms with Crippen LogP contribution in [0.1, 0.15) is 0 Å². The third kappa shape index (κ3) is 2.31. The van der Waals surface area contributed by atoms with Gasteiger partial charge >= 0.3 is 29.9 Å². The Labute approximate surface area is 113 Å². The monoisotopic (exact) mass is 308 g/mol. The molecule has 116 valence electrons. The number of carboxylic acid groups (broad SMARTS) is 4. The Hall–Kier alpha value is -2.54. The van der Waals surface area contributed by atoms with Crippen molar-refractivity contribution in [1.82, 2.24) is 0 Å². The van der Waals surface area contributed by atoms with Gasteiger partial charge in [0.05, 0.1) is 0 Å². The molecule has 0 aromatic carbocycles. The minimum Gasteiger partial charge on any atom is -0.479 e. The third-order valence-corrected chi connectivity index (χ3v) is 2.60. The molecule has 1 rings (SSSR count). The van der Waals surface area contributed by atoms with Crippen LogP contribution >= 0.6 is 0 Å². The Kier molecular flexibility index (Phi) is 3.76. The quantitative estimate of drug-likeness (QED) is 0.250. The van der Waals surface area contributed by atoms with E-state index in [4.69, 9.17) is 20.4 Å². The molecule has 0 fully saturated rings. The second-order valence-corrected chi connectivity index (χ2v) is 3.88. The van der Waals surface area contributed by atoms with Gasteiger partial charge in [-0.1, -0.05) is 0 Å². The lowest BCUT2D eigenvalue weighted by molar-refractivity contribution is -0.346. The zero-order chi connectivity index (χ0) is 16.7. The number of ether oxygens (including phenoxy) is 1. The van der Waals surface area contributed by atoms with Crippen molar-refractivity contribution in [1.29, 1.82) is 0 Å². The number of carboxylic acids is 4. The molecule has 1 aliphatic heterocycles. The van der Waals surface area contributed by atoms with Crippen LogP contribution in [-0.4, -0.2) is 77.3 Å². The van der Waals surface area contributed by atoms with E-state index in [1.165, 1.54) is 0 Å². The Balaban J connectivity index is 3.88. The summed E-state index contributed by atoms with van der Waals surface area (Å²) in [5.74, 6) is -13.4. The maximum Gasteiger partial charge on any atom is 0.344 e. The van der Waals surface area contributed by atoms with E-state index >= 15 is 0 Å².